The van der Waals surface area contributed by atoms with Crippen LogP contribution < -0.4 is 4.90 Å². The Balaban J connectivity index is 1.85. The van der Waals surface area contributed by atoms with E-state index in [1.165, 1.54) is 16.8 Å². The molecule has 5 heteroatoms. The second-order valence-electron chi connectivity index (χ2n) is 5.36. The van der Waals surface area contributed by atoms with Crippen LogP contribution in [0.5, 0.6) is 0 Å². The molecule has 2 rings (SSSR count). The molecule has 0 N–H and O–H groups in total. The molecule has 5 nitrogen and oxygen atoms in total. The molecule has 0 radical (unpaired) electrons. The maximum absolute atomic E-state index is 8.25. The minimum Gasteiger partial charge on any atom is -0.369 e. The summed E-state index contributed by atoms with van der Waals surface area (Å²) < 4.78 is 0. The maximum Gasteiger partial charge on any atom is 0.0399 e. The molecular formula is C15H23N5. The maximum atomic E-state index is 8.25. The fourth-order valence-corrected chi connectivity index (χ4v) is 2.70. The van der Waals surface area contributed by atoms with Crippen LogP contribution in [0.1, 0.15) is 17.5 Å². The molecule has 1 aliphatic rings. The first-order valence-electron chi connectivity index (χ1n) is 7.26. The number of azide groups is 1. The van der Waals surface area contributed by atoms with Gasteiger partial charge in [0.15, 0.2) is 0 Å². The molecule has 20 heavy (non-hydrogen) atoms. The molecule has 0 bridgehead atoms. The van der Waals surface area contributed by atoms with Gasteiger partial charge < -0.3 is 4.90 Å². The minimum absolute atomic E-state index is 0.605. The second kappa shape index (κ2) is 7.17. The van der Waals surface area contributed by atoms with E-state index in [0.29, 0.717) is 6.54 Å². The van der Waals surface area contributed by atoms with E-state index in [1.54, 1.807) is 0 Å². The number of hydrogen-bond acceptors (Lipinski definition) is 3. The van der Waals surface area contributed by atoms with E-state index in [4.69, 9.17) is 5.53 Å². The average Bonchev–Trinajstić information content (AvgIpc) is 2.47. The average molecular weight is 273 g/mol. The molecule has 0 unspecified atom stereocenters. The zero-order chi connectivity index (χ0) is 14.4. The SMILES string of the molecule is Cc1cccc(N2CCN(CCCN=[N+]=[N-])CC2)c1C. The van der Waals surface area contributed by atoms with Crippen molar-refractivity contribution in [3.05, 3.63) is 39.8 Å². The Morgan fingerprint density at radius 3 is 2.65 bits per heavy atom. The molecule has 1 heterocycles. The number of hydrogen-bond donors (Lipinski definition) is 0. The van der Waals surface area contributed by atoms with Crippen LogP contribution in [0.4, 0.5) is 5.69 Å². The zero-order valence-electron chi connectivity index (χ0n) is 12.4. The van der Waals surface area contributed by atoms with Gasteiger partial charge in [-0.25, -0.2) is 0 Å². The van der Waals surface area contributed by atoms with E-state index in [9.17, 15) is 0 Å². The smallest absolute Gasteiger partial charge is 0.0399 e. The molecule has 108 valence electrons. The summed E-state index contributed by atoms with van der Waals surface area (Å²) >= 11 is 0. The molecule has 0 spiro atoms. The minimum atomic E-state index is 0.605. The molecule has 1 aromatic carbocycles. The Morgan fingerprint density at radius 2 is 1.95 bits per heavy atom. The van der Waals surface area contributed by atoms with Gasteiger partial charge in [-0.05, 0) is 49.5 Å². The highest BCUT2D eigenvalue weighted by Crippen LogP contribution is 2.23. The Hall–Kier alpha value is -1.71. The van der Waals surface area contributed by atoms with Crippen LogP contribution in [0.2, 0.25) is 0 Å². The van der Waals surface area contributed by atoms with Crippen LogP contribution in [-0.2, 0) is 0 Å². The van der Waals surface area contributed by atoms with E-state index >= 15 is 0 Å². The van der Waals surface area contributed by atoms with Crippen molar-refractivity contribution in [2.45, 2.75) is 20.3 Å². The fraction of sp³-hybridized carbons (Fsp3) is 0.600. The summed E-state index contributed by atoms with van der Waals surface area (Å²) in [5, 5.41) is 3.58. The van der Waals surface area contributed by atoms with Crippen molar-refractivity contribution in [3.63, 3.8) is 0 Å². The highest BCUT2D eigenvalue weighted by Gasteiger charge is 2.18. The molecule has 0 saturated carbocycles. The summed E-state index contributed by atoms with van der Waals surface area (Å²) in [7, 11) is 0. The van der Waals surface area contributed by atoms with Crippen molar-refractivity contribution in [1.29, 1.82) is 0 Å². The quantitative estimate of drug-likeness (QED) is 0.358. The predicted molar refractivity (Wildman–Crippen MR) is 83.2 cm³/mol. The third-order valence-electron chi connectivity index (χ3n) is 4.08. The lowest BCUT2D eigenvalue weighted by Gasteiger charge is -2.37. The van der Waals surface area contributed by atoms with Crippen molar-refractivity contribution < 1.29 is 0 Å². The van der Waals surface area contributed by atoms with E-state index in [-0.39, 0.29) is 0 Å². The molecular weight excluding hydrogens is 250 g/mol. The van der Waals surface area contributed by atoms with E-state index in [0.717, 1.165) is 39.1 Å². The third-order valence-corrected chi connectivity index (χ3v) is 4.08. The monoisotopic (exact) mass is 273 g/mol. The van der Waals surface area contributed by atoms with Crippen molar-refractivity contribution >= 4 is 5.69 Å². The van der Waals surface area contributed by atoms with Crippen molar-refractivity contribution in [1.82, 2.24) is 4.90 Å². The summed E-state index contributed by atoms with van der Waals surface area (Å²) in [6.07, 6.45) is 0.952. The van der Waals surface area contributed by atoms with Crippen LogP contribution in [0.25, 0.3) is 10.4 Å². The Morgan fingerprint density at radius 1 is 1.20 bits per heavy atom. The molecule has 1 fully saturated rings. The molecule has 0 aliphatic carbocycles. The Kier molecular flexibility index (Phi) is 5.27. The molecule has 1 aromatic rings. The molecule has 1 saturated heterocycles. The van der Waals surface area contributed by atoms with Crippen LogP contribution in [-0.4, -0.2) is 44.2 Å². The zero-order valence-corrected chi connectivity index (χ0v) is 12.4. The summed E-state index contributed by atoms with van der Waals surface area (Å²) in [5.74, 6) is 0. The number of nitrogens with zero attached hydrogens (tertiary/aromatic N) is 5. The van der Waals surface area contributed by atoms with Gasteiger partial charge in [0.05, 0.1) is 0 Å². The summed E-state index contributed by atoms with van der Waals surface area (Å²) in [6, 6.07) is 6.54. The number of piperazine rings is 1. The Bertz CT molecular complexity index is 485. The standard InChI is InChI=1S/C15H23N5/c1-13-5-3-6-15(14(13)2)20-11-9-19(10-12-20)8-4-7-17-18-16/h3,5-6H,4,7-12H2,1-2H3. The first-order valence-corrected chi connectivity index (χ1v) is 7.26. The van der Waals surface area contributed by atoms with Gasteiger partial charge in [0.25, 0.3) is 0 Å². The number of aryl methyl sites for hydroxylation is 1. The fourth-order valence-electron chi connectivity index (χ4n) is 2.70. The molecule has 0 atom stereocenters. The van der Waals surface area contributed by atoms with Crippen LogP contribution in [0.3, 0.4) is 0 Å². The topological polar surface area (TPSA) is 55.2 Å². The number of rotatable bonds is 5. The Labute approximate surface area is 120 Å². The summed E-state index contributed by atoms with van der Waals surface area (Å²) in [4.78, 5) is 7.72. The van der Waals surface area contributed by atoms with Crippen LogP contribution >= 0.6 is 0 Å². The largest absolute Gasteiger partial charge is 0.369 e. The van der Waals surface area contributed by atoms with Gasteiger partial charge in [-0.1, -0.05) is 17.2 Å². The predicted octanol–water partition coefficient (Wildman–Crippen LogP) is 3.13. The molecule has 0 aromatic heterocycles. The third kappa shape index (κ3) is 3.65. The van der Waals surface area contributed by atoms with Crippen LogP contribution in [0, 0.1) is 13.8 Å². The van der Waals surface area contributed by atoms with Gasteiger partial charge >= 0.3 is 0 Å². The number of benzene rings is 1. The highest BCUT2D eigenvalue weighted by molar-refractivity contribution is 5.56. The first-order chi connectivity index (χ1) is 9.72. The normalized spacial score (nSPS) is 16.0. The van der Waals surface area contributed by atoms with Gasteiger partial charge in [0, 0.05) is 43.3 Å². The van der Waals surface area contributed by atoms with Gasteiger partial charge in [-0.2, -0.15) is 0 Å². The highest BCUT2D eigenvalue weighted by atomic mass is 15.3. The van der Waals surface area contributed by atoms with Gasteiger partial charge in [-0.15, -0.1) is 0 Å². The summed E-state index contributed by atoms with van der Waals surface area (Å²) in [5.41, 5.74) is 12.4. The second-order valence-corrected chi connectivity index (χ2v) is 5.36. The van der Waals surface area contributed by atoms with Crippen molar-refractivity contribution in [2.24, 2.45) is 5.11 Å². The van der Waals surface area contributed by atoms with E-state index in [1.807, 2.05) is 0 Å². The first kappa shape index (κ1) is 14.7. The lowest BCUT2D eigenvalue weighted by molar-refractivity contribution is 0.256. The van der Waals surface area contributed by atoms with Gasteiger partial charge in [0.1, 0.15) is 0 Å². The molecule has 0 amide bonds. The van der Waals surface area contributed by atoms with E-state index < -0.39 is 0 Å². The number of anilines is 1. The van der Waals surface area contributed by atoms with Crippen molar-refractivity contribution in [3.8, 4) is 0 Å². The van der Waals surface area contributed by atoms with Crippen molar-refractivity contribution in [2.75, 3.05) is 44.2 Å². The lowest BCUT2D eigenvalue weighted by atomic mass is 10.1. The van der Waals surface area contributed by atoms with E-state index in [2.05, 4.69) is 51.9 Å². The van der Waals surface area contributed by atoms with Crippen LogP contribution in [0.15, 0.2) is 23.3 Å². The van der Waals surface area contributed by atoms with Gasteiger partial charge in [-0.3, -0.25) is 4.90 Å². The van der Waals surface area contributed by atoms with Gasteiger partial charge in [0.2, 0.25) is 0 Å². The molecule has 1 aliphatic heterocycles. The lowest BCUT2D eigenvalue weighted by Crippen LogP contribution is -2.47. The summed E-state index contributed by atoms with van der Waals surface area (Å²) in [6.45, 7) is 10.3.